The Kier molecular flexibility index (Phi) is 6.27. The summed E-state index contributed by atoms with van der Waals surface area (Å²) in [4.78, 5) is 0. The van der Waals surface area contributed by atoms with Gasteiger partial charge in [-0.1, -0.05) is 20.8 Å². The smallest absolute Gasteiger partial charge is 0.106 e. The third kappa shape index (κ3) is 4.37. The van der Waals surface area contributed by atoms with Gasteiger partial charge >= 0.3 is 0 Å². The number of aliphatic hydroxyl groups is 4. The average molecular weight is 206 g/mol. The summed E-state index contributed by atoms with van der Waals surface area (Å²) in [5.74, 6) is -0.164. The summed E-state index contributed by atoms with van der Waals surface area (Å²) in [6, 6.07) is 0. The molecule has 4 heteroatoms. The molecule has 4 nitrogen and oxygen atoms in total. The quantitative estimate of drug-likeness (QED) is 0.483. The van der Waals surface area contributed by atoms with Crippen molar-refractivity contribution in [3.8, 4) is 0 Å². The van der Waals surface area contributed by atoms with Gasteiger partial charge in [-0.15, -0.1) is 0 Å². The lowest BCUT2D eigenvalue weighted by Crippen LogP contribution is -2.42. The zero-order valence-corrected chi connectivity index (χ0v) is 9.09. The third-order valence-corrected chi connectivity index (χ3v) is 2.33. The fourth-order valence-corrected chi connectivity index (χ4v) is 1.29. The Morgan fingerprint density at radius 3 is 1.79 bits per heavy atom. The molecule has 0 unspecified atom stereocenters. The zero-order valence-electron chi connectivity index (χ0n) is 9.09. The molecule has 0 rings (SSSR count). The van der Waals surface area contributed by atoms with Crippen LogP contribution in [0.2, 0.25) is 0 Å². The van der Waals surface area contributed by atoms with Gasteiger partial charge in [-0.25, -0.2) is 0 Å². The third-order valence-electron chi connectivity index (χ3n) is 2.33. The predicted molar refractivity (Wildman–Crippen MR) is 53.7 cm³/mol. The molecule has 4 atom stereocenters. The summed E-state index contributed by atoms with van der Waals surface area (Å²) in [5.41, 5.74) is 0. The first-order valence-corrected chi connectivity index (χ1v) is 5.05. The van der Waals surface area contributed by atoms with Crippen LogP contribution < -0.4 is 0 Å². The summed E-state index contributed by atoms with van der Waals surface area (Å²) in [6.45, 7) is 5.28. The molecule has 0 aromatic carbocycles. The molecular weight excluding hydrogens is 184 g/mol. The van der Waals surface area contributed by atoms with Gasteiger partial charge < -0.3 is 20.4 Å². The molecule has 0 aromatic heterocycles. The molecule has 0 saturated heterocycles. The fraction of sp³-hybridized carbons (Fsp3) is 1.00. The molecule has 0 aliphatic heterocycles. The molecule has 0 aliphatic carbocycles. The second-order valence-electron chi connectivity index (χ2n) is 4.34. The van der Waals surface area contributed by atoms with Gasteiger partial charge in [-0.2, -0.15) is 0 Å². The maximum Gasteiger partial charge on any atom is 0.106 e. The van der Waals surface area contributed by atoms with E-state index in [4.69, 9.17) is 5.11 Å². The van der Waals surface area contributed by atoms with E-state index >= 15 is 0 Å². The minimum Gasteiger partial charge on any atom is -0.396 e. The number of rotatable bonds is 6. The van der Waals surface area contributed by atoms with E-state index < -0.39 is 24.2 Å². The van der Waals surface area contributed by atoms with Crippen LogP contribution in [0.3, 0.4) is 0 Å². The Morgan fingerprint density at radius 1 is 0.929 bits per heavy atom. The van der Waals surface area contributed by atoms with Crippen molar-refractivity contribution in [1.82, 2.24) is 0 Å². The monoisotopic (exact) mass is 206 g/mol. The van der Waals surface area contributed by atoms with E-state index in [1.54, 1.807) is 6.92 Å². The van der Waals surface area contributed by atoms with Crippen molar-refractivity contribution in [2.75, 3.05) is 6.61 Å². The van der Waals surface area contributed by atoms with Crippen molar-refractivity contribution < 1.29 is 20.4 Å². The summed E-state index contributed by atoms with van der Waals surface area (Å²) >= 11 is 0. The topological polar surface area (TPSA) is 80.9 Å². The molecular formula is C10H22O4. The van der Waals surface area contributed by atoms with E-state index in [0.717, 1.165) is 0 Å². The summed E-state index contributed by atoms with van der Waals surface area (Å²) in [5, 5.41) is 37.3. The normalized spacial score (nSPS) is 20.6. The van der Waals surface area contributed by atoms with E-state index in [0.29, 0.717) is 6.42 Å². The fourth-order valence-electron chi connectivity index (χ4n) is 1.29. The van der Waals surface area contributed by atoms with Gasteiger partial charge in [0, 0.05) is 12.5 Å². The van der Waals surface area contributed by atoms with Crippen LogP contribution in [0.1, 0.15) is 27.2 Å². The molecule has 0 saturated carbocycles. The molecule has 0 heterocycles. The zero-order chi connectivity index (χ0) is 11.3. The number of hydrogen-bond donors (Lipinski definition) is 4. The molecule has 0 fully saturated rings. The van der Waals surface area contributed by atoms with Gasteiger partial charge in [0.2, 0.25) is 0 Å². The number of aliphatic hydroxyl groups excluding tert-OH is 4. The highest BCUT2D eigenvalue weighted by Crippen LogP contribution is 2.15. The van der Waals surface area contributed by atoms with Gasteiger partial charge in [-0.05, 0) is 12.3 Å². The van der Waals surface area contributed by atoms with Crippen LogP contribution in [0.5, 0.6) is 0 Å². The Morgan fingerprint density at radius 2 is 1.43 bits per heavy atom. The maximum absolute atomic E-state index is 9.53. The van der Waals surface area contributed by atoms with Crippen LogP contribution in [0.15, 0.2) is 0 Å². The lowest BCUT2D eigenvalue weighted by Gasteiger charge is -2.27. The lowest BCUT2D eigenvalue weighted by atomic mass is 9.93. The molecule has 0 aliphatic rings. The lowest BCUT2D eigenvalue weighted by molar-refractivity contribution is -0.0897. The van der Waals surface area contributed by atoms with E-state index in [1.165, 1.54) is 0 Å². The number of hydrogen-bond acceptors (Lipinski definition) is 4. The Balaban J connectivity index is 4.09. The first-order chi connectivity index (χ1) is 6.40. The maximum atomic E-state index is 9.53. The summed E-state index contributed by atoms with van der Waals surface area (Å²) in [7, 11) is 0. The van der Waals surface area contributed by atoms with Crippen LogP contribution >= 0.6 is 0 Å². The highest BCUT2D eigenvalue weighted by atomic mass is 16.4. The predicted octanol–water partition coefficient (Wildman–Crippen LogP) is -0.256. The van der Waals surface area contributed by atoms with Crippen molar-refractivity contribution in [3.63, 3.8) is 0 Å². The van der Waals surface area contributed by atoms with Crippen molar-refractivity contribution in [2.45, 2.75) is 45.5 Å². The van der Waals surface area contributed by atoms with E-state index in [2.05, 4.69) is 0 Å². The minimum atomic E-state index is -1.18. The van der Waals surface area contributed by atoms with Crippen LogP contribution in [0.25, 0.3) is 0 Å². The first-order valence-electron chi connectivity index (χ1n) is 5.05. The summed E-state index contributed by atoms with van der Waals surface area (Å²) in [6.07, 6.45) is -2.75. The second-order valence-corrected chi connectivity index (χ2v) is 4.34. The largest absolute Gasteiger partial charge is 0.396 e. The van der Waals surface area contributed by atoms with Crippen LogP contribution in [-0.4, -0.2) is 45.3 Å². The molecule has 86 valence electrons. The van der Waals surface area contributed by atoms with Crippen molar-refractivity contribution >= 4 is 0 Å². The standard InChI is InChI=1S/C10H22O4/c1-6(2)4-8(12)10(14)9(13)7(3)5-11/h6-14H,4-5H2,1-3H3/t7-,8+,9+,10-/m1/s1. The Bertz CT molecular complexity index is 149. The van der Waals surface area contributed by atoms with Crippen molar-refractivity contribution in [2.24, 2.45) is 11.8 Å². The molecule has 4 N–H and O–H groups in total. The van der Waals surface area contributed by atoms with Gasteiger partial charge in [-0.3, -0.25) is 0 Å². The van der Waals surface area contributed by atoms with Crippen molar-refractivity contribution in [1.29, 1.82) is 0 Å². The molecule has 0 bridgehead atoms. The first kappa shape index (κ1) is 13.8. The van der Waals surface area contributed by atoms with Gasteiger partial charge in [0.15, 0.2) is 0 Å². The Labute approximate surface area is 85.2 Å². The second kappa shape index (κ2) is 6.35. The highest BCUT2D eigenvalue weighted by Gasteiger charge is 2.28. The molecule has 0 spiro atoms. The molecule has 14 heavy (non-hydrogen) atoms. The summed E-state index contributed by atoms with van der Waals surface area (Å²) < 4.78 is 0. The van der Waals surface area contributed by atoms with E-state index in [-0.39, 0.29) is 12.5 Å². The van der Waals surface area contributed by atoms with Crippen LogP contribution in [-0.2, 0) is 0 Å². The molecule has 0 aromatic rings. The minimum absolute atomic E-state index is 0.202. The van der Waals surface area contributed by atoms with Crippen molar-refractivity contribution in [3.05, 3.63) is 0 Å². The highest BCUT2D eigenvalue weighted by molar-refractivity contribution is 4.79. The van der Waals surface area contributed by atoms with Gasteiger partial charge in [0.1, 0.15) is 6.10 Å². The molecule has 0 amide bonds. The Hall–Kier alpha value is -0.160. The van der Waals surface area contributed by atoms with Crippen LogP contribution in [0, 0.1) is 11.8 Å². The van der Waals surface area contributed by atoms with E-state index in [1.807, 2.05) is 13.8 Å². The van der Waals surface area contributed by atoms with E-state index in [9.17, 15) is 15.3 Å². The van der Waals surface area contributed by atoms with Gasteiger partial charge in [0.05, 0.1) is 12.2 Å². The van der Waals surface area contributed by atoms with Crippen LogP contribution in [0.4, 0.5) is 0 Å². The molecule has 0 radical (unpaired) electrons. The van der Waals surface area contributed by atoms with Gasteiger partial charge in [0.25, 0.3) is 0 Å². The SMILES string of the molecule is CC(C)C[C@H](O)[C@@H](O)[C@@H](O)[C@H](C)CO. The average Bonchev–Trinajstić information content (AvgIpc) is 2.13.